The molecule has 1 aromatic carbocycles. The second kappa shape index (κ2) is 9.91. The first-order valence-corrected chi connectivity index (χ1v) is 9.59. The predicted octanol–water partition coefficient (Wildman–Crippen LogP) is 2.80. The Balaban J connectivity index is 2.16. The molecule has 0 atom stereocenters. The van der Waals surface area contributed by atoms with Gasteiger partial charge in [-0.2, -0.15) is 5.10 Å². The van der Waals surface area contributed by atoms with Crippen molar-refractivity contribution in [2.75, 3.05) is 33.1 Å². The number of hydrogen-bond donors (Lipinski definition) is 1. The monoisotopic (exact) mass is 416 g/mol. The maximum atomic E-state index is 12.7. The lowest BCUT2D eigenvalue weighted by Crippen LogP contribution is -2.33. The third-order valence-electron chi connectivity index (χ3n) is 4.96. The third kappa shape index (κ3) is 4.97. The molecule has 0 fully saturated rings. The molecule has 0 saturated heterocycles. The van der Waals surface area contributed by atoms with Crippen LogP contribution < -0.4 is 5.32 Å². The molecule has 9 nitrogen and oxygen atoms in total. The summed E-state index contributed by atoms with van der Waals surface area (Å²) in [6, 6.07) is 3.83. The number of hydrogen-bond acceptors (Lipinski definition) is 6. The molecule has 2 amide bonds. The van der Waals surface area contributed by atoms with Gasteiger partial charge in [0.2, 0.25) is 0 Å². The van der Waals surface area contributed by atoms with Gasteiger partial charge in [0.25, 0.3) is 0 Å². The standard InChI is InChI=1S/C21H28N4O5/c1-7-25-14(3)16(13(2)23-25)10-11-24(4)21(28)22-18-12-15(19(26)29-5)8-9-17(18)20(27)30-6/h8-9,12H,7,10-11H2,1-6H3,(H,22,28). The van der Waals surface area contributed by atoms with Gasteiger partial charge in [-0.05, 0) is 51.0 Å². The summed E-state index contributed by atoms with van der Waals surface area (Å²) in [7, 11) is 4.16. The zero-order valence-electron chi connectivity index (χ0n) is 18.2. The Morgan fingerprint density at radius 1 is 1.13 bits per heavy atom. The molecule has 2 aromatic rings. The Labute approximate surface area is 175 Å². The number of nitrogens with one attached hydrogen (secondary N) is 1. The molecule has 1 heterocycles. The van der Waals surface area contributed by atoms with Crippen LogP contribution in [0.5, 0.6) is 0 Å². The minimum atomic E-state index is -0.623. The van der Waals surface area contributed by atoms with Gasteiger partial charge in [0.1, 0.15) is 0 Å². The normalized spacial score (nSPS) is 10.5. The Morgan fingerprint density at radius 2 is 1.80 bits per heavy atom. The zero-order valence-corrected chi connectivity index (χ0v) is 18.2. The molecule has 9 heteroatoms. The van der Waals surface area contributed by atoms with Crippen molar-refractivity contribution >= 4 is 23.7 Å². The highest BCUT2D eigenvalue weighted by Crippen LogP contribution is 2.20. The van der Waals surface area contributed by atoms with Crippen molar-refractivity contribution in [2.24, 2.45) is 0 Å². The summed E-state index contributed by atoms with van der Waals surface area (Å²) in [6.07, 6.45) is 0.646. The van der Waals surface area contributed by atoms with E-state index >= 15 is 0 Å². The fraction of sp³-hybridized carbons (Fsp3) is 0.429. The number of ether oxygens (including phenoxy) is 2. The summed E-state index contributed by atoms with van der Waals surface area (Å²) >= 11 is 0. The Hall–Kier alpha value is -3.36. The second-order valence-electron chi connectivity index (χ2n) is 6.81. The van der Waals surface area contributed by atoms with Crippen LogP contribution in [0.3, 0.4) is 0 Å². The summed E-state index contributed by atoms with van der Waals surface area (Å²) in [4.78, 5) is 38.1. The molecule has 30 heavy (non-hydrogen) atoms. The van der Waals surface area contributed by atoms with Crippen LogP contribution in [0.15, 0.2) is 18.2 Å². The smallest absolute Gasteiger partial charge is 0.339 e. The molecule has 0 unspecified atom stereocenters. The number of carbonyl (C=O) groups excluding carboxylic acids is 3. The van der Waals surface area contributed by atoms with E-state index in [1.165, 1.54) is 37.3 Å². The number of methoxy groups -OCH3 is 2. The molecule has 0 saturated carbocycles. The third-order valence-corrected chi connectivity index (χ3v) is 4.96. The van der Waals surface area contributed by atoms with Gasteiger partial charge in [-0.1, -0.05) is 0 Å². The van der Waals surface area contributed by atoms with E-state index in [1.807, 2.05) is 25.5 Å². The van der Waals surface area contributed by atoms with E-state index in [4.69, 9.17) is 9.47 Å². The van der Waals surface area contributed by atoms with E-state index < -0.39 is 18.0 Å². The Kier molecular flexibility index (Phi) is 7.57. The fourth-order valence-electron chi connectivity index (χ4n) is 3.18. The summed E-state index contributed by atoms with van der Waals surface area (Å²) in [5, 5.41) is 7.18. The van der Waals surface area contributed by atoms with Crippen molar-refractivity contribution in [3.05, 3.63) is 46.3 Å². The summed E-state index contributed by atoms with van der Waals surface area (Å²) in [5.41, 5.74) is 3.67. The molecule has 0 aliphatic carbocycles. The van der Waals surface area contributed by atoms with Crippen molar-refractivity contribution in [2.45, 2.75) is 33.7 Å². The first-order chi connectivity index (χ1) is 14.2. The highest BCUT2D eigenvalue weighted by Gasteiger charge is 2.19. The van der Waals surface area contributed by atoms with Gasteiger partial charge in [-0.25, -0.2) is 14.4 Å². The number of urea groups is 1. The maximum Gasteiger partial charge on any atom is 0.339 e. The van der Waals surface area contributed by atoms with Crippen LogP contribution >= 0.6 is 0 Å². The van der Waals surface area contributed by atoms with Crippen molar-refractivity contribution in [3.63, 3.8) is 0 Å². The Morgan fingerprint density at radius 3 is 2.37 bits per heavy atom. The summed E-state index contributed by atoms with van der Waals surface area (Å²) in [5.74, 6) is -1.20. The van der Waals surface area contributed by atoms with Crippen molar-refractivity contribution in [1.82, 2.24) is 14.7 Å². The number of esters is 2. The van der Waals surface area contributed by atoms with E-state index in [2.05, 4.69) is 10.4 Å². The van der Waals surface area contributed by atoms with Crippen LogP contribution in [0.25, 0.3) is 0 Å². The lowest BCUT2D eigenvalue weighted by Gasteiger charge is -2.19. The molecule has 0 aliphatic rings. The van der Waals surface area contributed by atoms with Gasteiger partial charge in [0.05, 0.1) is 36.7 Å². The number of benzene rings is 1. The number of aromatic nitrogens is 2. The molecule has 1 N–H and O–H groups in total. The van der Waals surface area contributed by atoms with Gasteiger partial charge in [-0.3, -0.25) is 4.68 Å². The van der Waals surface area contributed by atoms with Crippen LogP contribution in [0.2, 0.25) is 0 Å². The van der Waals surface area contributed by atoms with E-state index in [9.17, 15) is 14.4 Å². The predicted molar refractivity (Wildman–Crippen MR) is 112 cm³/mol. The van der Waals surface area contributed by atoms with Gasteiger partial charge < -0.3 is 19.7 Å². The minimum Gasteiger partial charge on any atom is -0.465 e. The number of nitrogens with zero attached hydrogens (tertiary/aromatic N) is 3. The molecule has 2 rings (SSSR count). The van der Waals surface area contributed by atoms with E-state index in [0.29, 0.717) is 13.0 Å². The minimum absolute atomic E-state index is 0.141. The average molecular weight is 416 g/mol. The number of aryl methyl sites for hydroxylation is 2. The van der Waals surface area contributed by atoms with Gasteiger partial charge in [0.15, 0.2) is 0 Å². The van der Waals surface area contributed by atoms with Gasteiger partial charge >= 0.3 is 18.0 Å². The number of rotatable bonds is 7. The molecular formula is C21H28N4O5. The maximum absolute atomic E-state index is 12.7. The highest BCUT2D eigenvalue weighted by atomic mass is 16.5. The molecule has 162 valence electrons. The van der Waals surface area contributed by atoms with Crippen molar-refractivity contribution in [3.8, 4) is 0 Å². The lowest BCUT2D eigenvalue weighted by atomic mass is 10.1. The first-order valence-electron chi connectivity index (χ1n) is 9.59. The molecule has 1 aromatic heterocycles. The zero-order chi connectivity index (χ0) is 22.4. The van der Waals surface area contributed by atoms with Crippen LogP contribution in [-0.2, 0) is 22.4 Å². The average Bonchev–Trinajstić information content (AvgIpc) is 3.03. The van der Waals surface area contributed by atoms with Crippen LogP contribution in [0, 0.1) is 13.8 Å². The molecule has 0 spiro atoms. The Bertz CT molecular complexity index is 951. The van der Waals surface area contributed by atoms with Crippen LogP contribution in [0.4, 0.5) is 10.5 Å². The second-order valence-corrected chi connectivity index (χ2v) is 6.81. The SMILES string of the molecule is CCn1nc(C)c(CCN(C)C(=O)Nc2cc(C(=O)OC)ccc2C(=O)OC)c1C. The van der Waals surface area contributed by atoms with Crippen molar-refractivity contribution < 1.29 is 23.9 Å². The van der Waals surface area contributed by atoms with E-state index in [0.717, 1.165) is 23.5 Å². The molecular weight excluding hydrogens is 388 g/mol. The van der Waals surface area contributed by atoms with Gasteiger partial charge in [0, 0.05) is 25.8 Å². The summed E-state index contributed by atoms with van der Waals surface area (Å²) < 4.78 is 11.4. The molecule has 0 bridgehead atoms. The number of anilines is 1. The fourth-order valence-corrected chi connectivity index (χ4v) is 3.18. The number of likely N-dealkylation sites (N-methyl/N-ethyl adjacent to an activating group) is 1. The van der Waals surface area contributed by atoms with Crippen LogP contribution in [-0.4, -0.2) is 60.5 Å². The van der Waals surface area contributed by atoms with Crippen molar-refractivity contribution in [1.29, 1.82) is 0 Å². The highest BCUT2D eigenvalue weighted by molar-refractivity contribution is 6.03. The lowest BCUT2D eigenvalue weighted by molar-refractivity contribution is 0.0587. The largest absolute Gasteiger partial charge is 0.465 e. The van der Waals surface area contributed by atoms with E-state index in [1.54, 1.807) is 7.05 Å². The first kappa shape index (κ1) is 22.9. The molecule has 0 radical (unpaired) electrons. The molecule has 0 aliphatic heterocycles. The van der Waals surface area contributed by atoms with Crippen LogP contribution in [0.1, 0.15) is 44.6 Å². The quantitative estimate of drug-likeness (QED) is 0.696. The number of amides is 2. The topological polar surface area (TPSA) is 103 Å². The summed E-state index contributed by atoms with van der Waals surface area (Å²) in [6.45, 7) is 7.24. The van der Waals surface area contributed by atoms with E-state index in [-0.39, 0.29) is 16.8 Å². The number of carbonyl (C=O) groups is 3. The van der Waals surface area contributed by atoms with Gasteiger partial charge in [-0.15, -0.1) is 0 Å².